The second-order valence-electron chi connectivity index (χ2n) is 5.82. The number of hydrogen-bond donors (Lipinski definition) is 1. The van der Waals surface area contributed by atoms with Crippen molar-refractivity contribution in [3.8, 4) is 0 Å². The standard InChI is InChI=1S/C19H11Cl2N5O2S/c20-13-7-6-12(9-14(13)21)25-18-17(26(27)28)19(24-10-23-18)29-15-5-1-3-11-4-2-8-22-16(11)15/h1-10H,(H,23,24,25). The van der Waals surface area contributed by atoms with Crippen LogP contribution in [0.25, 0.3) is 10.9 Å². The molecule has 0 aliphatic carbocycles. The van der Waals surface area contributed by atoms with Gasteiger partial charge in [-0.15, -0.1) is 0 Å². The summed E-state index contributed by atoms with van der Waals surface area (Å²) in [6.07, 6.45) is 2.95. The highest BCUT2D eigenvalue weighted by atomic mass is 35.5. The Morgan fingerprint density at radius 2 is 1.83 bits per heavy atom. The number of halogens is 2. The number of nitro groups is 1. The smallest absolute Gasteiger partial charge is 0.334 e. The van der Waals surface area contributed by atoms with E-state index in [-0.39, 0.29) is 16.5 Å². The van der Waals surface area contributed by atoms with E-state index in [1.54, 1.807) is 24.4 Å². The van der Waals surface area contributed by atoms with Crippen LogP contribution >= 0.6 is 35.0 Å². The third-order valence-corrected chi connectivity index (χ3v) is 5.74. The molecule has 0 aliphatic rings. The number of pyridine rings is 1. The van der Waals surface area contributed by atoms with Crippen molar-refractivity contribution in [3.05, 3.63) is 81.2 Å². The molecule has 2 heterocycles. The molecular formula is C19H11Cl2N5O2S. The van der Waals surface area contributed by atoms with Crippen LogP contribution in [-0.4, -0.2) is 19.9 Å². The second-order valence-corrected chi connectivity index (χ2v) is 7.67. The predicted octanol–water partition coefficient (Wildman–Crippen LogP) is 6.13. The van der Waals surface area contributed by atoms with E-state index in [0.717, 1.165) is 27.6 Å². The molecule has 0 bridgehead atoms. The fraction of sp³-hybridized carbons (Fsp3) is 0. The highest BCUT2D eigenvalue weighted by Gasteiger charge is 2.24. The van der Waals surface area contributed by atoms with Crippen molar-refractivity contribution < 1.29 is 4.92 Å². The van der Waals surface area contributed by atoms with Gasteiger partial charge in [0.1, 0.15) is 6.33 Å². The third-order valence-electron chi connectivity index (χ3n) is 3.96. The Morgan fingerprint density at radius 1 is 1.00 bits per heavy atom. The molecule has 0 saturated carbocycles. The van der Waals surface area contributed by atoms with Gasteiger partial charge in [-0.05, 0) is 30.3 Å². The van der Waals surface area contributed by atoms with E-state index < -0.39 is 4.92 Å². The van der Waals surface area contributed by atoms with Crippen molar-refractivity contribution in [3.63, 3.8) is 0 Å². The molecule has 2 aromatic heterocycles. The van der Waals surface area contributed by atoms with E-state index in [0.29, 0.717) is 15.7 Å². The zero-order valence-electron chi connectivity index (χ0n) is 14.5. The maximum atomic E-state index is 11.8. The predicted molar refractivity (Wildman–Crippen MR) is 114 cm³/mol. The normalized spacial score (nSPS) is 10.8. The highest BCUT2D eigenvalue weighted by molar-refractivity contribution is 7.99. The molecule has 0 amide bonds. The van der Waals surface area contributed by atoms with Gasteiger partial charge in [-0.2, -0.15) is 0 Å². The Labute approximate surface area is 179 Å². The van der Waals surface area contributed by atoms with Crippen molar-refractivity contribution in [2.75, 3.05) is 5.32 Å². The summed E-state index contributed by atoms with van der Waals surface area (Å²) in [5.41, 5.74) is 1.02. The summed E-state index contributed by atoms with van der Waals surface area (Å²) in [7, 11) is 0. The van der Waals surface area contributed by atoms with Crippen molar-refractivity contribution in [2.24, 2.45) is 0 Å². The number of nitrogens with zero attached hydrogens (tertiary/aromatic N) is 4. The van der Waals surface area contributed by atoms with Gasteiger partial charge < -0.3 is 5.32 Å². The Kier molecular flexibility index (Phi) is 5.48. The Balaban J connectivity index is 1.75. The second kappa shape index (κ2) is 8.20. The molecule has 29 heavy (non-hydrogen) atoms. The maximum Gasteiger partial charge on any atom is 0.343 e. The molecule has 0 aliphatic heterocycles. The van der Waals surface area contributed by atoms with E-state index in [9.17, 15) is 10.1 Å². The average molecular weight is 444 g/mol. The largest absolute Gasteiger partial charge is 0.343 e. The van der Waals surface area contributed by atoms with E-state index in [2.05, 4.69) is 20.3 Å². The van der Waals surface area contributed by atoms with E-state index in [4.69, 9.17) is 23.2 Å². The quantitative estimate of drug-likeness (QED) is 0.225. The van der Waals surface area contributed by atoms with Crippen molar-refractivity contribution in [2.45, 2.75) is 9.92 Å². The van der Waals surface area contributed by atoms with Crippen LogP contribution in [0.1, 0.15) is 0 Å². The molecule has 0 spiro atoms. The molecule has 4 aromatic rings. The van der Waals surface area contributed by atoms with Crippen molar-refractivity contribution in [1.82, 2.24) is 15.0 Å². The Hall–Kier alpha value is -2.94. The molecule has 1 N–H and O–H groups in total. The SMILES string of the molecule is O=[N+]([O-])c1c(Nc2ccc(Cl)c(Cl)c2)ncnc1Sc1cccc2cccnc12. The molecule has 2 aromatic carbocycles. The number of nitrogens with one attached hydrogen (secondary N) is 1. The number of rotatable bonds is 5. The van der Waals surface area contributed by atoms with Gasteiger partial charge >= 0.3 is 5.69 Å². The van der Waals surface area contributed by atoms with Crippen LogP contribution in [0, 0.1) is 10.1 Å². The summed E-state index contributed by atoms with van der Waals surface area (Å²) in [6.45, 7) is 0. The summed E-state index contributed by atoms with van der Waals surface area (Å²) in [5.74, 6) is 0.0547. The van der Waals surface area contributed by atoms with Gasteiger partial charge in [0, 0.05) is 22.2 Å². The molecule has 4 rings (SSSR count). The van der Waals surface area contributed by atoms with Gasteiger partial charge in [0.2, 0.25) is 5.82 Å². The van der Waals surface area contributed by atoms with Gasteiger partial charge in [0.25, 0.3) is 0 Å². The van der Waals surface area contributed by atoms with E-state index >= 15 is 0 Å². The molecule has 144 valence electrons. The first kappa shape index (κ1) is 19.4. The van der Waals surface area contributed by atoms with Gasteiger partial charge in [0.15, 0.2) is 5.03 Å². The van der Waals surface area contributed by atoms with Crippen molar-refractivity contribution >= 4 is 63.1 Å². The number of para-hydroxylation sites is 1. The molecule has 10 heteroatoms. The highest BCUT2D eigenvalue weighted by Crippen LogP contribution is 2.39. The zero-order chi connectivity index (χ0) is 20.4. The molecule has 0 fully saturated rings. The lowest BCUT2D eigenvalue weighted by Gasteiger charge is -2.10. The fourth-order valence-corrected chi connectivity index (χ4v) is 3.95. The maximum absolute atomic E-state index is 11.8. The molecule has 0 unspecified atom stereocenters. The third kappa shape index (κ3) is 4.09. The summed E-state index contributed by atoms with van der Waals surface area (Å²) in [6, 6.07) is 14.2. The van der Waals surface area contributed by atoms with Crippen LogP contribution in [0.5, 0.6) is 0 Å². The van der Waals surface area contributed by atoms with Gasteiger partial charge in [-0.3, -0.25) is 15.1 Å². The number of anilines is 2. The average Bonchev–Trinajstić information content (AvgIpc) is 2.71. The topological polar surface area (TPSA) is 93.8 Å². The van der Waals surface area contributed by atoms with Gasteiger partial charge in [-0.25, -0.2) is 9.97 Å². The number of aromatic nitrogens is 3. The van der Waals surface area contributed by atoms with Crippen LogP contribution in [0.2, 0.25) is 10.0 Å². The van der Waals surface area contributed by atoms with E-state index in [1.165, 1.54) is 6.33 Å². The minimum atomic E-state index is -0.513. The van der Waals surface area contributed by atoms with E-state index in [1.807, 2.05) is 30.3 Å². The summed E-state index contributed by atoms with van der Waals surface area (Å²) in [4.78, 5) is 24.6. The molecule has 0 radical (unpaired) electrons. The van der Waals surface area contributed by atoms with Crippen LogP contribution < -0.4 is 5.32 Å². The molecule has 7 nitrogen and oxygen atoms in total. The number of fused-ring (bicyclic) bond motifs is 1. The summed E-state index contributed by atoms with van der Waals surface area (Å²) < 4.78 is 0. The first-order valence-corrected chi connectivity index (χ1v) is 9.83. The van der Waals surface area contributed by atoms with Crippen LogP contribution in [0.4, 0.5) is 17.2 Å². The first-order chi connectivity index (χ1) is 14.0. The monoisotopic (exact) mass is 443 g/mol. The van der Waals surface area contributed by atoms with Gasteiger partial charge in [-0.1, -0.05) is 53.2 Å². The lowest BCUT2D eigenvalue weighted by molar-refractivity contribution is -0.387. The summed E-state index contributed by atoms with van der Waals surface area (Å²) in [5, 5.41) is 16.6. The first-order valence-electron chi connectivity index (χ1n) is 8.26. The molecule has 0 saturated heterocycles. The number of hydrogen-bond acceptors (Lipinski definition) is 7. The molecule has 0 atom stereocenters. The lowest BCUT2D eigenvalue weighted by Crippen LogP contribution is -2.03. The Morgan fingerprint density at radius 3 is 2.62 bits per heavy atom. The molecular weight excluding hydrogens is 433 g/mol. The lowest BCUT2D eigenvalue weighted by atomic mass is 10.2. The minimum absolute atomic E-state index is 0.0547. The van der Waals surface area contributed by atoms with Crippen LogP contribution in [-0.2, 0) is 0 Å². The summed E-state index contributed by atoms with van der Waals surface area (Å²) >= 11 is 13.1. The number of benzene rings is 2. The van der Waals surface area contributed by atoms with Crippen molar-refractivity contribution in [1.29, 1.82) is 0 Å². The van der Waals surface area contributed by atoms with Crippen LogP contribution in [0.15, 0.2) is 71.0 Å². The van der Waals surface area contributed by atoms with Crippen LogP contribution in [0.3, 0.4) is 0 Å². The zero-order valence-corrected chi connectivity index (χ0v) is 16.9. The minimum Gasteiger partial charge on any atom is -0.334 e. The fourth-order valence-electron chi connectivity index (χ4n) is 2.67. The Bertz CT molecular complexity index is 1230. The van der Waals surface area contributed by atoms with Gasteiger partial charge in [0.05, 0.1) is 20.5 Å².